The first-order valence-corrected chi connectivity index (χ1v) is 8.88. The van der Waals surface area contributed by atoms with E-state index in [2.05, 4.69) is 96.3 Å². The third-order valence-electron chi connectivity index (χ3n) is 4.25. The van der Waals surface area contributed by atoms with E-state index in [1.54, 1.807) is 0 Å². The molecule has 0 saturated carbocycles. The average molecular weight is 329 g/mol. The molecule has 0 amide bonds. The van der Waals surface area contributed by atoms with Crippen molar-refractivity contribution in [2.45, 2.75) is 0 Å². The Labute approximate surface area is 150 Å². The van der Waals surface area contributed by atoms with Crippen LogP contribution in [0.5, 0.6) is 0 Å². The molecule has 0 spiro atoms. The van der Waals surface area contributed by atoms with Crippen LogP contribution in [0, 0.1) is 0 Å². The van der Waals surface area contributed by atoms with Crippen molar-refractivity contribution in [2.75, 3.05) is 26.3 Å². The molecule has 126 valence electrons. The van der Waals surface area contributed by atoms with Crippen LogP contribution in [-0.2, 0) is 4.74 Å². The first-order valence-electron chi connectivity index (χ1n) is 8.88. The SMILES string of the molecule is C1COCCN1.c1ccc(B(c2ccccc2)c2ccccc2)cc1. The van der Waals surface area contributed by atoms with Crippen molar-refractivity contribution in [3.63, 3.8) is 0 Å². The third kappa shape index (κ3) is 5.31. The van der Waals surface area contributed by atoms with Crippen molar-refractivity contribution in [1.29, 1.82) is 0 Å². The molecule has 4 rings (SSSR count). The second-order valence-corrected chi connectivity index (χ2v) is 6.03. The number of hydrogen-bond acceptors (Lipinski definition) is 2. The second kappa shape index (κ2) is 9.82. The van der Waals surface area contributed by atoms with Gasteiger partial charge in [0.05, 0.1) is 13.2 Å². The Kier molecular flexibility index (Phi) is 6.86. The molecular weight excluding hydrogens is 305 g/mol. The van der Waals surface area contributed by atoms with Crippen LogP contribution in [0.4, 0.5) is 0 Å². The summed E-state index contributed by atoms with van der Waals surface area (Å²) in [7, 11) is 0. The van der Waals surface area contributed by atoms with Gasteiger partial charge in [-0.3, -0.25) is 0 Å². The summed E-state index contributed by atoms with van der Waals surface area (Å²) in [6, 6.07) is 32.0. The molecule has 1 aliphatic rings. The van der Waals surface area contributed by atoms with Crippen molar-refractivity contribution in [3.8, 4) is 0 Å². The lowest BCUT2D eigenvalue weighted by molar-refractivity contribution is 0.109. The molecule has 0 bridgehead atoms. The summed E-state index contributed by atoms with van der Waals surface area (Å²) in [4.78, 5) is 0. The molecule has 3 aromatic carbocycles. The van der Waals surface area contributed by atoms with E-state index in [4.69, 9.17) is 4.74 Å². The number of nitrogens with one attached hydrogen (secondary N) is 1. The Morgan fingerprint density at radius 1 is 0.560 bits per heavy atom. The summed E-state index contributed by atoms with van der Waals surface area (Å²) in [5.41, 5.74) is 4.00. The van der Waals surface area contributed by atoms with Crippen molar-refractivity contribution in [3.05, 3.63) is 91.0 Å². The number of benzene rings is 3. The molecule has 1 N–H and O–H groups in total. The van der Waals surface area contributed by atoms with Crippen molar-refractivity contribution < 1.29 is 4.74 Å². The van der Waals surface area contributed by atoms with Gasteiger partial charge in [-0.15, -0.1) is 0 Å². The van der Waals surface area contributed by atoms with E-state index in [-0.39, 0.29) is 0 Å². The van der Waals surface area contributed by atoms with Gasteiger partial charge in [0.1, 0.15) is 0 Å². The fourth-order valence-corrected chi connectivity index (χ4v) is 3.03. The van der Waals surface area contributed by atoms with Crippen LogP contribution in [0.25, 0.3) is 0 Å². The minimum Gasteiger partial charge on any atom is -0.379 e. The highest BCUT2D eigenvalue weighted by Gasteiger charge is 2.20. The van der Waals surface area contributed by atoms with Gasteiger partial charge in [-0.25, -0.2) is 0 Å². The number of morpholine rings is 1. The van der Waals surface area contributed by atoms with Crippen LogP contribution >= 0.6 is 0 Å². The minimum atomic E-state index is 0.309. The van der Waals surface area contributed by atoms with E-state index in [0.29, 0.717) is 6.71 Å². The molecule has 0 aromatic heterocycles. The molecule has 1 heterocycles. The van der Waals surface area contributed by atoms with Crippen molar-refractivity contribution in [1.82, 2.24) is 5.32 Å². The molecule has 25 heavy (non-hydrogen) atoms. The summed E-state index contributed by atoms with van der Waals surface area (Å²) < 4.78 is 5.01. The van der Waals surface area contributed by atoms with Gasteiger partial charge < -0.3 is 10.1 Å². The van der Waals surface area contributed by atoms with Gasteiger partial charge in [0.25, 0.3) is 0 Å². The summed E-state index contributed by atoms with van der Waals surface area (Å²) in [5, 5.41) is 3.16. The molecule has 3 heteroatoms. The lowest BCUT2D eigenvalue weighted by Gasteiger charge is -2.15. The van der Waals surface area contributed by atoms with Crippen LogP contribution in [0.3, 0.4) is 0 Å². The Balaban J connectivity index is 0.000000258. The van der Waals surface area contributed by atoms with Crippen LogP contribution in [0.2, 0.25) is 0 Å². The lowest BCUT2D eigenvalue weighted by Crippen LogP contribution is -2.51. The Morgan fingerprint density at radius 3 is 1.16 bits per heavy atom. The molecule has 1 fully saturated rings. The predicted octanol–water partition coefficient (Wildman–Crippen LogP) is 1.81. The first-order chi connectivity index (χ1) is 12.4. The minimum absolute atomic E-state index is 0.309. The highest BCUT2D eigenvalue weighted by Crippen LogP contribution is 1.95. The van der Waals surface area contributed by atoms with E-state index in [1.807, 2.05) is 0 Å². The number of hydrogen-bond donors (Lipinski definition) is 1. The Bertz CT molecular complexity index is 609. The van der Waals surface area contributed by atoms with Crippen LogP contribution in [0.15, 0.2) is 91.0 Å². The molecule has 1 aliphatic heterocycles. The zero-order valence-electron chi connectivity index (χ0n) is 14.5. The summed E-state index contributed by atoms with van der Waals surface area (Å²) >= 11 is 0. The zero-order chi connectivity index (χ0) is 17.2. The van der Waals surface area contributed by atoms with Gasteiger partial charge in [0.2, 0.25) is 6.71 Å². The maximum absolute atomic E-state index is 5.01. The summed E-state index contributed by atoms with van der Waals surface area (Å²) in [6.07, 6.45) is 0. The molecule has 0 unspecified atom stereocenters. The van der Waals surface area contributed by atoms with E-state index in [1.165, 1.54) is 16.4 Å². The topological polar surface area (TPSA) is 21.3 Å². The molecule has 1 saturated heterocycles. The molecule has 0 atom stereocenters. The molecule has 3 aromatic rings. The van der Waals surface area contributed by atoms with Crippen molar-refractivity contribution >= 4 is 23.1 Å². The van der Waals surface area contributed by atoms with Crippen molar-refractivity contribution in [2.24, 2.45) is 0 Å². The monoisotopic (exact) mass is 329 g/mol. The van der Waals surface area contributed by atoms with Crippen LogP contribution in [-0.4, -0.2) is 33.0 Å². The highest BCUT2D eigenvalue weighted by atomic mass is 16.5. The first kappa shape index (κ1) is 17.5. The third-order valence-corrected chi connectivity index (χ3v) is 4.25. The smallest absolute Gasteiger partial charge is 0.241 e. The zero-order valence-corrected chi connectivity index (χ0v) is 14.5. The van der Waals surface area contributed by atoms with Crippen LogP contribution in [0.1, 0.15) is 0 Å². The maximum Gasteiger partial charge on any atom is 0.241 e. The lowest BCUT2D eigenvalue weighted by atomic mass is 9.37. The van der Waals surface area contributed by atoms with Gasteiger partial charge in [-0.05, 0) is 0 Å². The maximum atomic E-state index is 5.01. The Morgan fingerprint density at radius 2 is 0.920 bits per heavy atom. The molecule has 0 radical (unpaired) electrons. The Hall–Kier alpha value is -2.36. The van der Waals surface area contributed by atoms with Gasteiger partial charge >= 0.3 is 0 Å². The molecule has 0 aliphatic carbocycles. The van der Waals surface area contributed by atoms with Gasteiger partial charge in [-0.2, -0.15) is 0 Å². The van der Waals surface area contributed by atoms with E-state index in [9.17, 15) is 0 Å². The fraction of sp³-hybridized carbons (Fsp3) is 0.182. The normalized spacial score (nSPS) is 13.4. The summed E-state index contributed by atoms with van der Waals surface area (Å²) in [6.45, 7) is 4.14. The van der Waals surface area contributed by atoms with Gasteiger partial charge in [0, 0.05) is 13.1 Å². The predicted molar refractivity (Wildman–Crippen MR) is 108 cm³/mol. The largest absolute Gasteiger partial charge is 0.379 e. The van der Waals surface area contributed by atoms with Gasteiger partial charge in [-0.1, -0.05) is 107 Å². The standard InChI is InChI=1S/C18H15B.C4H9NO/c1-4-10-16(11-5-1)19(17-12-6-2-7-13-17)18-14-8-3-9-15-18;1-3-6-4-2-5-1/h1-15H;5H,1-4H2. The van der Waals surface area contributed by atoms with E-state index < -0.39 is 0 Å². The second-order valence-electron chi connectivity index (χ2n) is 6.03. The molecular formula is C22H24BNO. The van der Waals surface area contributed by atoms with E-state index in [0.717, 1.165) is 26.3 Å². The number of rotatable bonds is 3. The quantitative estimate of drug-likeness (QED) is 0.740. The van der Waals surface area contributed by atoms with Gasteiger partial charge in [0.15, 0.2) is 0 Å². The summed E-state index contributed by atoms with van der Waals surface area (Å²) in [5.74, 6) is 0. The molecule has 2 nitrogen and oxygen atoms in total. The fourth-order valence-electron chi connectivity index (χ4n) is 3.03. The highest BCUT2D eigenvalue weighted by molar-refractivity contribution is 6.95. The van der Waals surface area contributed by atoms with E-state index >= 15 is 0 Å². The van der Waals surface area contributed by atoms with Crippen LogP contribution < -0.4 is 21.7 Å². The average Bonchev–Trinajstić information content (AvgIpc) is 2.72. The number of ether oxygens (including phenoxy) is 1.